The van der Waals surface area contributed by atoms with Crippen molar-refractivity contribution in [2.24, 2.45) is 0 Å². The first-order valence-electron chi connectivity index (χ1n) is 11.1. The number of rotatable bonds is 12. The summed E-state index contributed by atoms with van der Waals surface area (Å²) in [6, 6.07) is 10.5. The normalized spacial score (nSPS) is 14.0. The van der Waals surface area contributed by atoms with Crippen molar-refractivity contribution < 1.29 is 27.8 Å². The fraction of sp³-hybridized carbons (Fsp3) is 0.458. The molecule has 1 heterocycles. The number of carboxylic acids is 1. The van der Waals surface area contributed by atoms with Crippen molar-refractivity contribution in [3.05, 3.63) is 53.1 Å². The van der Waals surface area contributed by atoms with E-state index >= 15 is 0 Å². The molecule has 0 atom stereocenters. The average molecular weight is 477 g/mol. The van der Waals surface area contributed by atoms with Gasteiger partial charge in [-0.05, 0) is 73.2 Å². The molecule has 0 unspecified atom stereocenters. The molecular weight excluding hydrogens is 444 g/mol. The van der Waals surface area contributed by atoms with Gasteiger partial charge in [-0.15, -0.1) is 0 Å². The highest BCUT2D eigenvalue weighted by Gasteiger charge is 2.19. The molecule has 0 amide bonds. The van der Waals surface area contributed by atoms with Gasteiger partial charge in [0.2, 0.25) is 10.0 Å². The Morgan fingerprint density at radius 3 is 2.36 bits per heavy atom. The van der Waals surface area contributed by atoms with E-state index in [9.17, 15) is 13.2 Å². The maximum absolute atomic E-state index is 12.5. The number of nitrogens with zero attached hydrogens (tertiary/aromatic N) is 1. The van der Waals surface area contributed by atoms with E-state index in [2.05, 4.69) is 15.7 Å². The van der Waals surface area contributed by atoms with Crippen LogP contribution in [0.1, 0.15) is 36.0 Å². The SMILES string of the molecule is COc1cc2c(cc1OC)CN(CCCCNS(=O)(=O)c1ccc(CCC(=O)O)cc1)CC2. The number of hydrogen-bond acceptors (Lipinski definition) is 6. The van der Waals surface area contributed by atoms with Crippen molar-refractivity contribution in [1.29, 1.82) is 0 Å². The molecule has 9 heteroatoms. The van der Waals surface area contributed by atoms with Gasteiger partial charge >= 0.3 is 5.97 Å². The zero-order chi connectivity index (χ0) is 23.8. The summed E-state index contributed by atoms with van der Waals surface area (Å²) >= 11 is 0. The van der Waals surface area contributed by atoms with Gasteiger partial charge in [0.05, 0.1) is 19.1 Å². The molecule has 33 heavy (non-hydrogen) atoms. The first kappa shape index (κ1) is 25.0. The second-order valence-corrected chi connectivity index (χ2v) is 9.91. The fourth-order valence-electron chi connectivity index (χ4n) is 3.97. The number of benzene rings is 2. The number of unbranched alkanes of at least 4 members (excludes halogenated alkanes) is 1. The van der Waals surface area contributed by atoms with Gasteiger partial charge in [-0.25, -0.2) is 13.1 Å². The van der Waals surface area contributed by atoms with E-state index in [1.165, 1.54) is 23.3 Å². The van der Waals surface area contributed by atoms with Crippen molar-refractivity contribution in [1.82, 2.24) is 9.62 Å². The van der Waals surface area contributed by atoms with Crippen LogP contribution in [0, 0.1) is 0 Å². The molecule has 1 aliphatic heterocycles. The van der Waals surface area contributed by atoms with Crippen molar-refractivity contribution in [3.8, 4) is 11.5 Å². The maximum atomic E-state index is 12.5. The van der Waals surface area contributed by atoms with E-state index < -0.39 is 16.0 Å². The van der Waals surface area contributed by atoms with Gasteiger partial charge in [-0.3, -0.25) is 9.69 Å². The van der Waals surface area contributed by atoms with E-state index in [4.69, 9.17) is 14.6 Å². The average Bonchev–Trinajstić information content (AvgIpc) is 2.81. The molecule has 0 aliphatic carbocycles. The first-order valence-corrected chi connectivity index (χ1v) is 12.6. The van der Waals surface area contributed by atoms with E-state index in [0.717, 1.165) is 56.0 Å². The van der Waals surface area contributed by atoms with Crippen LogP contribution in [0.4, 0.5) is 0 Å². The first-order chi connectivity index (χ1) is 15.8. The molecule has 0 radical (unpaired) electrons. The molecule has 2 N–H and O–H groups in total. The Morgan fingerprint density at radius 1 is 1.06 bits per heavy atom. The number of hydrogen-bond donors (Lipinski definition) is 2. The zero-order valence-electron chi connectivity index (χ0n) is 19.2. The van der Waals surface area contributed by atoms with Gasteiger partial charge in [-0.1, -0.05) is 12.1 Å². The lowest BCUT2D eigenvalue weighted by molar-refractivity contribution is -0.136. The number of sulfonamides is 1. The number of carbonyl (C=O) groups is 1. The molecule has 3 rings (SSSR count). The van der Waals surface area contributed by atoms with E-state index in [1.807, 2.05) is 6.07 Å². The van der Waals surface area contributed by atoms with Crippen LogP contribution >= 0.6 is 0 Å². The van der Waals surface area contributed by atoms with Crippen LogP contribution in [0.15, 0.2) is 41.3 Å². The zero-order valence-corrected chi connectivity index (χ0v) is 20.0. The summed E-state index contributed by atoms with van der Waals surface area (Å²) in [5.41, 5.74) is 3.33. The minimum Gasteiger partial charge on any atom is -0.493 e. The third kappa shape index (κ3) is 6.93. The summed E-state index contributed by atoms with van der Waals surface area (Å²) in [6.07, 6.45) is 2.98. The topological polar surface area (TPSA) is 105 Å². The van der Waals surface area contributed by atoms with Gasteiger partial charge < -0.3 is 14.6 Å². The fourth-order valence-corrected chi connectivity index (χ4v) is 5.04. The van der Waals surface area contributed by atoms with Crippen LogP contribution in [0.25, 0.3) is 0 Å². The minimum atomic E-state index is -3.57. The van der Waals surface area contributed by atoms with Gasteiger partial charge in [0.1, 0.15) is 0 Å². The van der Waals surface area contributed by atoms with E-state index in [1.54, 1.807) is 26.4 Å². The number of carboxylic acid groups (broad SMARTS) is 1. The summed E-state index contributed by atoms with van der Waals surface area (Å²) in [7, 11) is -0.291. The molecule has 0 bridgehead atoms. The van der Waals surface area contributed by atoms with Crippen molar-refractivity contribution in [2.75, 3.05) is 33.9 Å². The molecular formula is C24H32N2O6S. The van der Waals surface area contributed by atoms with E-state index in [-0.39, 0.29) is 11.3 Å². The van der Waals surface area contributed by atoms with Crippen LogP contribution in [0.5, 0.6) is 11.5 Å². The molecule has 0 fully saturated rings. The highest BCUT2D eigenvalue weighted by atomic mass is 32.2. The third-order valence-electron chi connectivity index (χ3n) is 5.85. The molecule has 0 spiro atoms. The Morgan fingerprint density at radius 2 is 1.73 bits per heavy atom. The largest absolute Gasteiger partial charge is 0.493 e. The monoisotopic (exact) mass is 476 g/mol. The molecule has 0 saturated carbocycles. The number of nitrogens with one attached hydrogen (secondary N) is 1. The number of aryl methyl sites for hydroxylation is 1. The lowest BCUT2D eigenvalue weighted by atomic mass is 9.98. The van der Waals surface area contributed by atoms with Crippen molar-refractivity contribution >= 4 is 16.0 Å². The standard InChI is InChI=1S/C24H32N2O6S/c1-31-22-15-19-11-14-26(17-20(19)16-23(22)32-2)13-4-3-12-25-33(29,30)21-8-5-18(6-9-21)7-10-24(27)28/h5-6,8-9,15-16,25H,3-4,7,10-14,17H2,1-2H3,(H,27,28). The smallest absolute Gasteiger partial charge is 0.303 e. The summed E-state index contributed by atoms with van der Waals surface area (Å²) in [5.74, 6) is 0.622. The predicted octanol–water partition coefficient (Wildman–Crippen LogP) is 2.84. The van der Waals surface area contributed by atoms with Gasteiger partial charge in [0.15, 0.2) is 11.5 Å². The van der Waals surface area contributed by atoms with Crippen molar-refractivity contribution in [2.45, 2.75) is 43.5 Å². The summed E-state index contributed by atoms with van der Waals surface area (Å²) in [6.45, 7) is 3.07. The van der Waals surface area contributed by atoms with E-state index in [0.29, 0.717) is 13.0 Å². The number of methoxy groups -OCH3 is 2. The van der Waals surface area contributed by atoms with Crippen LogP contribution in [-0.4, -0.2) is 58.2 Å². The van der Waals surface area contributed by atoms with Crippen LogP contribution < -0.4 is 14.2 Å². The Bertz CT molecular complexity index is 1050. The number of ether oxygens (including phenoxy) is 2. The Labute approximate surface area is 195 Å². The quantitative estimate of drug-likeness (QED) is 0.454. The van der Waals surface area contributed by atoms with Crippen LogP contribution in [-0.2, 0) is 34.2 Å². The molecule has 0 aromatic heterocycles. The number of aliphatic carboxylic acids is 1. The predicted molar refractivity (Wildman–Crippen MR) is 125 cm³/mol. The lowest BCUT2D eigenvalue weighted by Crippen LogP contribution is -2.32. The minimum absolute atomic E-state index is 0.0225. The van der Waals surface area contributed by atoms with Crippen LogP contribution in [0.2, 0.25) is 0 Å². The molecule has 2 aromatic rings. The molecule has 1 aliphatic rings. The van der Waals surface area contributed by atoms with Gasteiger partial charge in [0.25, 0.3) is 0 Å². The lowest BCUT2D eigenvalue weighted by Gasteiger charge is -2.29. The highest BCUT2D eigenvalue weighted by Crippen LogP contribution is 2.33. The molecule has 0 saturated heterocycles. The van der Waals surface area contributed by atoms with Gasteiger partial charge in [-0.2, -0.15) is 0 Å². The molecule has 2 aromatic carbocycles. The third-order valence-corrected chi connectivity index (χ3v) is 7.33. The summed E-state index contributed by atoms with van der Waals surface area (Å²) < 4.78 is 38.4. The Hall–Kier alpha value is -2.62. The van der Waals surface area contributed by atoms with Crippen molar-refractivity contribution in [3.63, 3.8) is 0 Å². The second-order valence-electron chi connectivity index (χ2n) is 8.14. The van der Waals surface area contributed by atoms with Crippen LogP contribution in [0.3, 0.4) is 0 Å². The summed E-state index contributed by atoms with van der Waals surface area (Å²) in [5, 5.41) is 8.75. The summed E-state index contributed by atoms with van der Waals surface area (Å²) in [4.78, 5) is 13.2. The van der Waals surface area contributed by atoms with Gasteiger partial charge in [0, 0.05) is 26.1 Å². The molecule has 8 nitrogen and oxygen atoms in total. The molecule has 180 valence electrons. The second kappa shape index (κ2) is 11.5. The Balaban J connectivity index is 1.43. The number of fused-ring (bicyclic) bond motifs is 1. The Kier molecular flexibility index (Phi) is 8.71. The highest BCUT2D eigenvalue weighted by molar-refractivity contribution is 7.89. The maximum Gasteiger partial charge on any atom is 0.303 e.